The topological polar surface area (TPSA) is 40.5 Å². The van der Waals surface area contributed by atoms with E-state index < -0.39 is 11.9 Å². The van der Waals surface area contributed by atoms with Crippen LogP contribution in [0.1, 0.15) is 37.9 Å². The van der Waals surface area contributed by atoms with Gasteiger partial charge in [0.2, 0.25) is 0 Å². The Kier molecular flexibility index (Phi) is 7.12. The van der Waals surface area contributed by atoms with E-state index >= 15 is 0 Å². The smallest absolute Gasteiger partial charge is 0.357 e. The quantitative estimate of drug-likeness (QED) is 0.420. The Labute approximate surface area is 155 Å². The Morgan fingerprint density at radius 3 is 2.65 bits per heavy atom. The van der Waals surface area contributed by atoms with Crippen molar-refractivity contribution >= 4 is 41.3 Å². The normalized spacial score (nSPS) is 18.0. The van der Waals surface area contributed by atoms with Crippen LogP contribution in [0.25, 0.3) is 0 Å². The zero-order chi connectivity index (χ0) is 16.4. The molecule has 1 fully saturated rings. The van der Waals surface area contributed by atoms with Crippen molar-refractivity contribution in [1.29, 1.82) is 0 Å². The molecule has 0 aliphatic carbocycles. The van der Waals surface area contributed by atoms with E-state index in [0.717, 1.165) is 48.7 Å². The molecule has 0 spiro atoms. The maximum atomic E-state index is 12.5. The van der Waals surface area contributed by atoms with E-state index in [9.17, 15) is 13.2 Å². The fourth-order valence-corrected chi connectivity index (χ4v) is 3.10. The minimum Gasteiger partial charge on any atom is -0.357 e. The first-order valence-corrected chi connectivity index (χ1v) is 8.14. The predicted octanol–water partition coefficient (Wildman–Crippen LogP) is 3.98. The summed E-state index contributed by atoms with van der Waals surface area (Å²) < 4.78 is 37.6. The van der Waals surface area contributed by atoms with Crippen LogP contribution in [-0.2, 0) is 12.7 Å². The lowest BCUT2D eigenvalue weighted by molar-refractivity contribution is -0.140. The number of aromatic nitrogens is 1. The minimum atomic E-state index is -4.39. The summed E-state index contributed by atoms with van der Waals surface area (Å²) in [4.78, 5) is 10.2. The van der Waals surface area contributed by atoms with Crippen LogP contribution in [0.2, 0.25) is 0 Å². The average Bonchev–Trinajstić information content (AvgIpc) is 3.00. The van der Waals surface area contributed by atoms with E-state index in [1.165, 1.54) is 0 Å². The minimum absolute atomic E-state index is 0. The maximum absolute atomic E-state index is 12.5. The highest BCUT2D eigenvalue weighted by atomic mass is 127. The monoisotopic (exact) mass is 462 g/mol. The van der Waals surface area contributed by atoms with Crippen LogP contribution in [0, 0.1) is 5.41 Å². The van der Waals surface area contributed by atoms with Crippen molar-refractivity contribution < 1.29 is 13.2 Å². The Bertz CT molecular complexity index is 542. The van der Waals surface area contributed by atoms with Gasteiger partial charge in [-0.25, -0.2) is 9.98 Å². The summed E-state index contributed by atoms with van der Waals surface area (Å²) in [5, 5.41) is 4.61. The number of halogens is 4. The van der Waals surface area contributed by atoms with E-state index in [1.54, 1.807) is 0 Å². The van der Waals surface area contributed by atoms with Gasteiger partial charge in [0.25, 0.3) is 0 Å². The van der Waals surface area contributed by atoms with Gasteiger partial charge in [-0.2, -0.15) is 13.2 Å². The first-order chi connectivity index (χ1) is 10.2. The number of nitrogens with zero attached hydrogens (tertiary/aromatic N) is 3. The predicted molar refractivity (Wildman–Crippen MR) is 97.3 cm³/mol. The Hall–Kier alpha value is -0.580. The number of hydrogen-bond acceptors (Lipinski definition) is 3. The van der Waals surface area contributed by atoms with Gasteiger partial charge in [-0.3, -0.25) is 0 Å². The van der Waals surface area contributed by atoms with Gasteiger partial charge >= 0.3 is 6.18 Å². The molecule has 2 heterocycles. The number of hydrogen-bond donors (Lipinski definition) is 1. The van der Waals surface area contributed by atoms with Crippen LogP contribution in [0.4, 0.5) is 13.2 Å². The molecular weight excluding hydrogens is 440 g/mol. The summed E-state index contributed by atoms with van der Waals surface area (Å²) in [6.07, 6.45) is -3.31. The van der Waals surface area contributed by atoms with Gasteiger partial charge in [-0.15, -0.1) is 35.3 Å². The van der Waals surface area contributed by atoms with Crippen LogP contribution < -0.4 is 5.32 Å². The molecule has 0 bridgehead atoms. The number of alkyl halides is 3. The zero-order valence-electron chi connectivity index (χ0n) is 13.4. The molecule has 0 atom stereocenters. The summed E-state index contributed by atoms with van der Waals surface area (Å²) in [7, 11) is 0. The number of thiazole rings is 1. The van der Waals surface area contributed by atoms with Crippen LogP contribution in [0.3, 0.4) is 0 Å². The number of likely N-dealkylation sites (tertiary alicyclic amines) is 1. The van der Waals surface area contributed by atoms with Crippen molar-refractivity contribution in [3.63, 3.8) is 0 Å². The van der Waals surface area contributed by atoms with Crippen molar-refractivity contribution in [2.24, 2.45) is 10.4 Å². The molecule has 0 amide bonds. The molecule has 0 unspecified atom stereocenters. The molecule has 0 radical (unpaired) electrons. The first kappa shape index (κ1) is 20.5. The summed E-state index contributed by atoms with van der Waals surface area (Å²) in [6, 6.07) is 0. The number of aliphatic imine (C=N–C) groups is 1. The molecule has 4 nitrogen and oxygen atoms in total. The lowest BCUT2D eigenvalue weighted by Crippen LogP contribution is -2.40. The molecule has 1 aliphatic heterocycles. The van der Waals surface area contributed by atoms with Crippen molar-refractivity contribution in [3.05, 3.63) is 16.1 Å². The maximum Gasteiger partial charge on any atom is 0.434 e. The van der Waals surface area contributed by atoms with Crippen LogP contribution in [0.15, 0.2) is 10.4 Å². The van der Waals surface area contributed by atoms with Crippen LogP contribution in [0.5, 0.6) is 0 Å². The van der Waals surface area contributed by atoms with E-state index in [2.05, 4.69) is 34.0 Å². The molecule has 0 aromatic carbocycles. The van der Waals surface area contributed by atoms with Gasteiger partial charge in [-0.1, -0.05) is 13.8 Å². The molecule has 1 aromatic heterocycles. The van der Waals surface area contributed by atoms with Crippen molar-refractivity contribution in [3.8, 4) is 0 Å². The van der Waals surface area contributed by atoms with E-state index in [-0.39, 0.29) is 35.9 Å². The SMILES string of the molecule is CCNC(=NCc1nc(C(F)(F)F)cs1)N1CCC(C)(C)C1.I. The zero-order valence-corrected chi connectivity index (χ0v) is 16.6. The molecular formula is C14H22F3IN4S. The average molecular weight is 462 g/mol. The molecule has 1 N–H and O–H groups in total. The van der Waals surface area contributed by atoms with Crippen molar-refractivity contribution in [2.75, 3.05) is 19.6 Å². The molecule has 0 saturated carbocycles. The summed E-state index contributed by atoms with van der Waals surface area (Å²) in [5.74, 6) is 0.747. The molecule has 23 heavy (non-hydrogen) atoms. The number of rotatable bonds is 3. The van der Waals surface area contributed by atoms with Gasteiger partial charge in [0.15, 0.2) is 11.7 Å². The van der Waals surface area contributed by atoms with Gasteiger partial charge in [0.05, 0.1) is 6.54 Å². The van der Waals surface area contributed by atoms with Gasteiger partial charge in [0.1, 0.15) is 5.01 Å². The Morgan fingerprint density at radius 1 is 1.48 bits per heavy atom. The molecule has 1 aromatic rings. The third-order valence-corrected chi connectivity index (χ3v) is 4.35. The lowest BCUT2D eigenvalue weighted by atomic mass is 9.93. The highest BCUT2D eigenvalue weighted by molar-refractivity contribution is 14.0. The molecule has 9 heteroatoms. The second-order valence-corrected chi connectivity index (χ2v) is 7.07. The molecule has 2 rings (SSSR count). The van der Waals surface area contributed by atoms with Gasteiger partial charge in [-0.05, 0) is 18.8 Å². The van der Waals surface area contributed by atoms with Gasteiger partial charge < -0.3 is 10.2 Å². The lowest BCUT2D eigenvalue weighted by Gasteiger charge is -2.23. The number of nitrogens with one attached hydrogen (secondary N) is 1. The second kappa shape index (κ2) is 8.00. The van der Waals surface area contributed by atoms with E-state index in [4.69, 9.17) is 0 Å². The molecule has 132 valence electrons. The molecule has 1 aliphatic rings. The summed E-state index contributed by atoms with van der Waals surface area (Å²) >= 11 is 0.994. The van der Waals surface area contributed by atoms with Crippen LogP contribution >= 0.6 is 35.3 Å². The summed E-state index contributed by atoms with van der Waals surface area (Å²) in [6.45, 7) is 9.07. The second-order valence-electron chi connectivity index (χ2n) is 6.13. The molecule has 1 saturated heterocycles. The van der Waals surface area contributed by atoms with E-state index in [1.807, 2.05) is 6.92 Å². The highest BCUT2D eigenvalue weighted by Crippen LogP contribution is 2.31. The van der Waals surface area contributed by atoms with Gasteiger partial charge in [0, 0.05) is 25.0 Å². The fourth-order valence-electron chi connectivity index (χ4n) is 2.38. The Morgan fingerprint density at radius 2 is 2.17 bits per heavy atom. The Balaban J connectivity index is 0.00000264. The third-order valence-electron chi connectivity index (χ3n) is 3.52. The third kappa shape index (κ3) is 5.77. The van der Waals surface area contributed by atoms with Crippen LogP contribution in [-0.4, -0.2) is 35.5 Å². The van der Waals surface area contributed by atoms with Crippen molar-refractivity contribution in [1.82, 2.24) is 15.2 Å². The highest BCUT2D eigenvalue weighted by Gasteiger charge is 2.34. The largest absolute Gasteiger partial charge is 0.434 e. The number of guanidine groups is 1. The standard InChI is InChI=1S/C14H21F3N4S.HI/c1-4-18-12(21-6-5-13(2,3)9-21)19-7-11-20-10(8-22-11)14(15,16)17;/h8H,4-7,9H2,1-3H3,(H,18,19);1H. The fraction of sp³-hybridized carbons (Fsp3) is 0.714. The van der Waals surface area contributed by atoms with E-state index in [0.29, 0.717) is 5.01 Å². The summed E-state index contributed by atoms with van der Waals surface area (Å²) in [5.41, 5.74) is -0.601. The first-order valence-electron chi connectivity index (χ1n) is 7.26. The van der Waals surface area contributed by atoms with Crippen molar-refractivity contribution in [2.45, 2.75) is 39.9 Å².